The molecule has 0 radical (unpaired) electrons. The van der Waals surface area contributed by atoms with E-state index in [1.165, 1.54) is 18.9 Å². The number of amides is 1. The van der Waals surface area contributed by atoms with Gasteiger partial charge < -0.3 is 9.64 Å². The fraction of sp³-hybridized carbons (Fsp3) is 0.235. The third kappa shape index (κ3) is 4.91. The maximum atomic E-state index is 12.5. The van der Waals surface area contributed by atoms with E-state index in [9.17, 15) is 25.0 Å². The molecule has 10 heteroatoms. The summed E-state index contributed by atoms with van der Waals surface area (Å²) in [6.45, 7) is 1.62. The third-order valence-electron chi connectivity index (χ3n) is 3.85. The molecule has 2 aromatic carbocycles. The lowest BCUT2D eigenvalue weighted by molar-refractivity contribution is -0.395. The molecule has 27 heavy (non-hydrogen) atoms. The second-order valence-electron chi connectivity index (χ2n) is 5.68. The molecule has 0 heterocycles. The van der Waals surface area contributed by atoms with Crippen LogP contribution in [0.3, 0.4) is 0 Å². The van der Waals surface area contributed by atoms with Crippen molar-refractivity contribution in [1.82, 2.24) is 4.90 Å². The summed E-state index contributed by atoms with van der Waals surface area (Å²) < 4.78 is 5.49. The number of hydrogen-bond acceptors (Lipinski definition) is 6. The second-order valence-corrected chi connectivity index (χ2v) is 6.12. The molecule has 0 atom stereocenters. The Balaban J connectivity index is 2.12. The number of carbonyl (C=O) groups is 1. The Morgan fingerprint density at radius 2 is 1.63 bits per heavy atom. The highest BCUT2D eigenvalue weighted by Gasteiger charge is 2.26. The molecule has 0 aliphatic rings. The number of likely N-dealkylation sites (N-methyl/N-ethyl adjacent to an activating group) is 1. The summed E-state index contributed by atoms with van der Waals surface area (Å²) in [6, 6.07) is 8.77. The molecule has 0 unspecified atom stereocenters. The van der Waals surface area contributed by atoms with E-state index in [4.69, 9.17) is 16.3 Å². The van der Waals surface area contributed by atoms with Gasteiger partial charge in [0, 0.05) is 24.2 Å². The Morgan fingerprint density at radius 3 is 2.11 bits per heavy atom. The van der Waals surface area contributed by atoms with Gasteiger partial charge in [0.2, 0.25) is 0 Å². The summed E-state index contributed by atoms with van der Waals surface area (Å²) >= 11 is 5.78. The maximum Gasteiger partial charge on any atom is 0.279 e. The van der Waals surface area contributed by atoms with E-state index < -0.39 is 27.1 Å². The number of carbonyl (C=O) groups excluding carboxylic acids is 1. The van der Waals surface area contributed by atoms with E-state index in [2.05, 4.69) is 0 Å². The predicted octanol–water partition coefficient (Wildman–Crippen LogP) is 3.62. The monoisotopic (exact) mass is 393 g/mol. The van der Waals surface area contributed by atoms with Crippen molar-refractivity contribution in [2.45, 2.75) is 6.92 Å². The lowest BCUT2D eigenvalue weighted by atomic mass is 10.1. The largest absolute Gasteiger partial charge is 0.492 e. The molecule has 0 bridgehead atoms. The van der Waals surface area contributed by atoms with Crippen LogP contribution in [-0.2, 0) is 0 Å². The third-order valence-corrected chi connectivity index (χ3v) is 4.10. The number of rotatable bonds is 7. The number of nitro groups is 2. The van der Waals surface area contributed by atoms with Gasteiger partial charge in [0.05, 0.1) is 22.0 Å². The van der Waals surface area contributed by atoms with E-state index in [0.29, 0.717) is 10.8 Å². The average Bonchev–Trinajstić information content (AvgIpc) is 2.62. The van der Waals surface area contributed by atoms with Gasteiger partial charge in [-0.2, -0.15) is 0 Å². The smallest absolute Gasteiger partial charge is 0.279 e. The fourth-order valence-electron chi connectivity index (χ4n) is 2.34. The topological polar surface area (TPSA) is 116 Å². The van der Waals surface area contributed by atoms with Crippen LogP contribution in [0.4, 0.5) is 11.4 Å². The molecule has 142 valence electrons. The van der Waals surface area contributed by atoms with Crippen LogP contribution in [0.2, 0.25) is 5.02 Å². The van der Waals surface area contributed by atoms with Gasteiger partial charge >= 0.3 is 0 Å². The van der Waals surface area contributed by atoms with Crippen molar-refractivity contribution in [3.8, 4) is 5.75 Å². The van der Waals surface area contributed by atoms with E-state index >= 15 is 0 Å². The van der Waals surface area contributed by atoms with Crippen LogP contribution in [0.15, 0.2) is 36.4 Å². The first-order valence-corrected chi connectivity index (χ1v) is 8.15. The lowest BCUT2D eigenvalue weighted by Gasteiger charge is -2.17. The molecule has 0 fully saturated rings. The Kier molecular flexibility index (Phi) is 6.30. The average molecular weight is 394 g/mol. The molecular formula is C17H16ClN3O6. The van der Waals surface area contributed by atoms with Gasteiger partial charge in [-0.15, -0.1) is 0 Å². The molecule has 9 nitrogen and oxygen atoms in total. The van der Waals surface area contributed by atoms with E-state index in [1.807, 2.05) is 0 Å². The normalized spacial score (nSPS) is 10.3. The van der Waals surface area contributed by atoms with Crippen molar-refractivity contribution in [3.05, 3.63) is 72.8 Å². The highest BCUT2D eigenvalue weighted by atomic mass is 35.5. The lowest BCUT2D eigenvalue weighted by Crippen LogP contribution is -2.31. The molecule has 0 saturated heterocycles. The standard InChI is InChI=1S/C17H16ClN3O6/c1-11-15(20(23)24)9-12(10-16(11)21(25)26)17(22)19(2)7-8-27-14-5-3-13(18)4-6-14/h3-6,9-10H,7-8H2,1-2H3. The highest BCUT2D eigenvalue weighted by Crippen LogP contribution is 2.29. The Bertz CT molecular complexity index is 850. The van der Waals surface area contributed by atoms with Gasteiger partial charge in [-0.05, 0) is 31.2 Å². The quantitative estimate of drug-likeness (QED) is 0.524. The summed E-state index contributed by atoms with van der Waals surface area (Å²) in [4.78, 5) is 34.5. The fourth-order valence-corrected chi connectivity index (χ4v) is 2.47. The highest BCUT2D eigenvalue weighted by molar-refractivity contribution is 6.30. The molecule has 0 saturated carbocycles. The van der Waals surface area contributed by atoms with Crippen molar-refractivity contribution < 1.29 is 19.4 Å². The van der Waals surface area contributed by atoms with Crippen LogP contribution in [-0.4, -0.2) is 40.9 Å². The van der Waals surface area contributed by atoms with Crippen LogP contribution < -0.4 is 4.74 Å². The minimum absolute atomic E-state index is 0.102. The van der Waals surface area contributed by atoms with E-state index in [-0.39, 0.29) is 24.3 Å². The maximum absolute atomic E-state index is 12.5. The van der Waals surface area contributed by atoms with Crippen molar-refractivity contribution in [2.24, 2.45) is 0 Å². The first-order valence-electron chi connectivity index (χ1n) is 7.78. The summed E-state index contributed by atoms with van der Waals surface area (Å²) in [5, 5.41) is 22.8. The number of hydrogen-bond donors (Lipinski definition) is 0. The number of ether oxygens (including phenoxy) is 1. The van der Waals surface area contributed by atoms with E-state index in [0.717, 1.165) is 12.1 Å². The summed E-state index contributed by atoms with van der Waals surface area (Å²) in [5.41, 5.74) is -1.18. The van der Waals surface area contributed by atoms with Crippen LogP contribution in [0.5, 0.6) is 5.75 Å². The second kappa shape index (κ2) is 8.45. The zero-order valence-corrected chi connectivity index (χ0v) is 15.3. The van der Waals surface area contributed by atoms with Gasteiger partial charge in [-0.3, -0.25) is 25.0 Å². The number of nitrogens with zero attached hydrogens (tertiary/aromatic N) is 3. The van der Waals surface area contributed by atoms with Gasteiger partial charge in [0.25, 0.3) is 17.3 Å². The van der Waals surface area contributed by atoms with Crippen molar-refractivity contribution in [2.75, 3.05) is 20.2 Å². The summed E-state index contributed by atoms with van der Waals surface area (Å²) in [6.07, 6.45) is 0. The van der Waals surface area contributed by atoms with Gasteiger partial charge in [0.15, 0.2) is 0 Å². The van der Waals surface area contributed by atoms with Crippen molar-refractivity contribution in [1.29, 1.82) is 0 Å². The number of benzene rings is 2. The molecule has 0 aliphatic carbocycles. The van der Waals surface area contributed by atoms with E-state index in [1.54, 1.807) is 24.3 Å². The summed E-state index contributed by atoms with van der Waals surface area (Å²) in [5.74, 6) is -0.0113. The molecule has 0 N–H and O–H groups in total. The van der Waals surface area contributed by atoms with Gasteiger partial charge in [-0.25, -0.2) is 0 Å². The minimum Gasteiger partial charge on any atom is -0.492 e. The Morgan fingerprint density at radius 1 is 1.11 bits per heavy atom. The zero-order valence-electron chi connectivity index (χ0n) is 14.5. The van der Waals surface area contributed by atoms with Crippen LogP contribution in [0.1, 0.15) is 15.9 Å². The molecule has 2 rings (SSSR count). The Labute approximate surface area is 159 Å². The van der Waals surface area contributed by atoms with Gasteiger partial charge in [0.1, 0.15) is 17.9 Å². The molecule has 0 spiro atoms. The van der Waals surface area contributed by atoms with Crippen LogP contribution in [0.25, 0.3) is 0 Å². The van der Waals surface area contributed by atoms with Gasteiger partial charge in [-0.1, -0.05) is 11.6 Å². The number of halogens is 1. The van der Waals surface area contributed by atoms with Crippen LogP contribution in [0, 0.1) is 27.2 Å². The SMILES string of the molecule is Cc1c([N+](=O)[O-])cc(C(=O)N(C)CCOc2ccc(Cl)cc2)cc1[N+](=O)[O-]. The van der Waals surface area contributed by atoms with Crippen molar-refractivity contribution >= 4 is 28.9 Å². The molecule has 2 aromatic rings. The number of nitro benzene ring substituents is 2. The first kappa shape index (κ1) is 20.1. The van der Waals surface area contributed by atoms with Crippen molar-refractivity contribution in [3.63, 3.8) is 0 Å². The first-order chi connectivity index (χ1) is 12.7. The minimum atomic E-state index is -0.747. The van der Waals surface area contributed by atoms with Crippen LogP contribution >= 0.6 is 11.6 Å². The predicted molar refractivity (Wildman–Crippen MR) is 98.4 cm³/mol. The molecular weight excluding hydrogens is 378 g/mol. The molecule has 1 amide bonds. The molecule has 0 aliphatic heterocycles. The Hall–Kier alpha value is -3.20. The summed E-state index contributed by atoms with van der Waals surface area (Å²) in [7, 11) is 1.48. The zero-order chi connectivity index (χ0) is 20.1. The molecule has 0 aromatic heterocycles.